The van der Waals surface area contributed by atoms with Crippen molar-refractivity contribution in [2.75, 3.05) is 20.3 Å². The smallest absolute Gasteiger partial charge is 0.354 e. The van der Waals surface area contributed by atoms with Crippen LogP contribution in [0.1, 0.15) is 24.3 Å². The number of aromatic carboxylic acids is 1. The highest BCUT2D eigenvalue weighted by Gasteiger charge is 2.18. The summed E-state index contributed by atoms with van der Waals surface area (Å²) in [5, 5.41) is 9.77. The van der Waals surface area contributed by atoms with E-state index in [-0.39, 0.29) is 5.69 Å². The molecule has 1 N–H and O–H groups in total. The molecule has 0 saturated heterocycles. The molecule has 6 nitrogen and oxygen atoms in total. The summed E-state index contributed by atoms with van der Waals surface area (Å²) in [5.41, 5.74) is 0.313. The first-order valence-electron chi connectivity index (χ1n) is 6.63. The van der Waals surface area contributed by atoms with Crippen LogP contribution in [-0.4, -0.2) is 36.4 Å². The molecule has 0 aliphatic rings. The largest absolute Gasteiger partial charge is 0.496 e. The van der Waals surface area contributed by atoms with Crippen LogP contribution in [0.4, 0.5) is 0 Å². The van der Waals surface area contributed by atoms with Gasteiger partial charge in [-0.3, -0.25) is 0 Å². The number of fused-ring (bicyclic) bond motifs is 1. The average Bonchev–Trinajstić information content (AvgIpc) is 2.48. The van der Waals surface area contributed by atoms with Crippen molar-refractivity contribution in [1.29, 1.82) is 0 Å². The number of nitrogens with zero attached hydrogens (tertiary/aromatic N) is 1. The fourth-order valence-corrected chi connectivity index (χ4v) is 2.07. The molecule has 0 saturated carbocycles. The number of aromatic nitrogens is 1. The molecule has 2 aromatic rings. The predicted octanol–water partition coefficient (Wildman–Crippen LogP) is 2.74. The van der Waals surface area contributed by atoms with Crippen LogP contribution < -0.4 is 14.2 Å². The van der Waals surface area contributed by atoms with Gasteiger partial charge in [-0.15, -0.1) is 0 Å². The quantitative estimate of drug-likeness (QED) is 0.881. The van der Waals surface area contributed by atoms with E-state index in [1.807, 2.05) is 13.8 Å². The maximum absolute atomic E-state index is 11.2. The lowest BCUT2D eigenvalue weighted by Gasteiger charge is -2.14. The molecule has 0 unspecified atom stereocenters. The maximum Gasteiger partial charge on any atom is 0.354 e. The van der Waals surface area contributed by atoms with Gasteiger partial charge < -0.3 is 19.3 Å². The van der Waals surface area contributed by atoms with Crippen molar-refractivity contribution < 1.29 is 24.1 Å². The molecule has 0 amide bonds. The Morgan fingerprint density at radius 2 is 1.76 bits per heavy atom. The Labute approximate surface area is 122 Å². The van der Waals surface area contributed by atoms with Gasteiger partial charge >= 0.3 is 5.97 Å². The van der Waals surface area contributed by atoms with Gasteiger partial charge in [0.05, 0.1) is 25.7 Å². The number of carboxylic acid groups (broad SMARTS) is 1. The van der Waals surface area contributed by atoms with E-state index in [1.165, 1.54) is 13.2 Å². The van der Waals surface area contributed by atoms with E-state index in [4.69, 9.17) is 19.3 Å². The number of pyridine rings is 1. The third kappa shape index (κ3) is 2.84. The summed E-state index contributed by atoms with van der Waals surface area (Å²) in [5.74, 6) is 0.344. The minimum Gasteiger partial charge on any atom is -0.496 e. The molecule has 0 atom stereocenters. The Morgan fingerprint density at radius 1 is 1.14 bits per heavy atom. The van der Waals surface area contributed by atoms with Gasteiger partial charge in [0.2, 0.25) is 0 Å². The van der Waals surface area contributed by atoms with Crippen molar-refractivity contribution in [2.24, 2.45) is 0 Å². The molecule has 0 aliphatic carbocycles. The summed E-state index contributed by atoms with van der Waals surface area (Å²) in [6, 6.07) is 4.86. The molecule has 0 fully saturated rings. The van der Waals surface area contributed by atoms with Crippen LogP contribution in [0.3, 0.4) is 0 Å². The molecule has 0 aliphatic heterocycles. The molecular formula is C15H17NO5. The molecule has 1 aromatic carbocycles. The first kappa shape index (κ1) is 14.9. The number of hydrogen-bond acceptors (Lipinski definition) is 5. The number of ether oxygens (including phenoxy) is 3. The van der Waals surface area contributed by atoms with Gasteiger partial charge in [0.15, 0.2) is 5.69 Å². The van der Waals surface area contributed by atoms with E-state index < -0.39 is 5.97 Å². The van der Waals surface area contributed by atoms with Crippen LogP contribution in [-0.2, 0) is 0 Å². The maximum atomic E-state index is 11.2. The lowest BCUT2D eigenvalue weighted by atomic mass is 10.1. The minimum atomic E-state index is -1.13. The van der Waals surface area contributed by atoms with Crippen molar-refractivity contribution in [3.8, 4) is 17.2 Å². The summed E-state index contributed by atoms with van der Waals surface area (Å²) < 4.78 is 16.4. The Bertz CT molecular complexity index is 669. The number of carboxylic acids is 1. The molecule has 2 rings (SSSR count). The van der Waals surface area contributed by atoms with Gasteiger partial charge in [0.1, 0.15) is 22.8 Å². The van der Waals surface area contributed by atoms with Crippen molar-refractivity contribution in [2.45, 2.75) is 13.8 Å². The SMILES string of the molecule is CCOc1ccc(OCC)c2c(OC)cc(C(=O)O)nc12. The van der Waals surface area contributed by atoms with Crippen LogP contribution in [0.25, 0.3) is 10.9 Å². The van der Waals surface area contributed by atoms with Crippen molar-refractivity contribution in [3.05, 3.63) is 23.9 Å². The zero-order valence-corrected chi connectivity index (χ0v) is 12.2. The number of methoxy groups -OCH3 is 1. The average molecular weight is 291 g/mol. The molecule has 0 radical (unpaired) electrons. The van der Waals surface area contributed by atoms with Crippen LogP contribution in [0.5, 0.6) is 17.2 Å². The molecular weight excluding hydrogens is 274 g/mol. The highest BCUT2D eigenvalue weighted by atomic mass is 16.5. The number of hydrogen-bond donors (Lipinski definition) is 1. The lowest BCUT2D eigenvalue weighted by Crippen LogP contribution is -2.04. The molecule has 112 valence electrons. The molecule has 1 heterocycles. The molecule has 1 aromatic heterocycles. The molecule has 0 spiro atoms. The van der Waals surface area contributed by atoms with Crippen LogP contribution in [0.2, 0.25) is 0 Å². The first-order chi connectivity index (χ1) is 10.1. The van der Waals surface area contributed by atoms with Crippen molar-refractivity contribution >= 4 is 16.9 Å². The number of benzene rings is 1. The van der Waals surface area contributed by atoms with Gasteiger partial charge in [0.25, 0.3) is 0 Å². The number of rotatable bonds is 6. The van der Waals surface area contributed by atoms with Crippen LogP contribution in [0, 0.1) is 0 Å². The van der Waals surface area contributed by atoms with E-state index in [2.05, 4.69) is 4.98 Å². The second-order valence-electron chi connectivity index (χ2n) is 4.17. The Hall–Kier alpha value is -2.50. The minimum absolute atomic E-state index is 0.103. The summed E-state index contributed by atoms with van der Waals surface area (Å²) in [6.45, 7) is 4.64. The predicted molar refractivity (Wildman–Crippen MR) is 77.6 cm³/mol. The molecule has 21 heavy (non-hydrogen) atoms. The second-order valence-corrected chi connectivity index (χ2v) is 4.17. The Balaban J connectivity index is 2.81. The van der Waals surface area contributed by atoms with Crippen LogP contribution >= 0.6 is 0 Å². The standard InChI is InChI=1S/C15H17NO5/c1-4-20-10-6-7-11(21-5-2)14-13(10)12(19-3)8-9(16-14)15(17)18/h6-8H,4-5H2,1-3H3,(H,17,18). The fourth-order valence-electron chi connectivity index (χ4n) is 2.07. The van der Waals surface area contributed by atoms with Gasteiger partial charge in [-0.25, -0.2) is 9.78 Å². The first-order valence-corrected chi connectivity index (χ1v) is 6.63. The van der Waals surface area contributed by atoms with Crippen molar-refractivity contribution in [3.63, 3.8) is 0 Å². The van der Waals surface area contributed by atoms with Gasteiger partial charge in [0, 0.05) is 6.07 Å². The van der Waals surface area contributed by atoms with E-state index >= 15 is 0 Å². The highest BCUT2D eigenvalue weighted by molar-refractivity contribution is 5.99. The normalized spacial score (nSPS) is 10.4. The third-order valence-electron chi connectivity index (χ3n) is 2.89. The third-order valence-corrected chi connectivity index (χ3v) is 2.89. The monoisotopic (exact) mass is 291 g/mol. The summed E-state index contributed by atoms with van der Waals surface area (Å²) in [7, 11) is 1.48. The topological polar surface area (TPSA) is 77.9 Å². The Morgan fingerprint density at radius 3 is 2.33 bits per heavy atom. The van der Waals surface area contributed by atoms with E-state index in [1.54, 1.807) is 12.1 Å². The lowest BCUT2D eigenvalue weighted by molar-refractivity contribution is 0.0690. The summed E-state index contributed by atoms with van der Waals surface area (Å²) >= 11 is 0. The molecule has 6 heteroatoms. The number of carbonyl (C=O) groups is 1. The fraction of sp³-hybridized carbons (Fsp3) is 0.333. The van der Waals surface area contributed by atoms with E-state index in [0.29, 0.717) is 41.4 Å². The van der Waals surface area contributed by atoms with Gasteiger partial charge in [-0.05, 0) is 26.0 Å². The Kier molecular flexibility index (Phi) is 4.47. The zero-order chi connectivity index (χ0) is 15.4. The molecule has 0 bridgehead atoms. The zero-order valence-electron chi connectivity index (χ0n) is 12.2. The van der Waals surface area contributed by atoms with E-state index in [0.717, 1.165) is 0 Å². The second kappa shape index (κ2) is 6.30. The van der Waals surface area contributed by atoms with E-state index in [9.17, 15) is 4.79 Å². The summed E-state index contributed by atoms with van der Waals surface area (Å²) in [4.78, 5) is 15.4. The van der Waals surface area contributed by atoms with Gasteiger partial charge in [-0.1, -0.05) is 0 Å². The summed E-state index contributed by atoms with van der Waals surface area (Å²) in [6.07, 6.45) is 0. The van der Waals surface area contributed by atoms with Gasteiger partial charge in [-0.2, -0.15) is 0 Å². The van der Waals surface area contributed by atoms with Crippen LogP contribution in [0.15, 0.2) is 18.2 Å². The highest BCUT2D eigenvalue weighted by Crippen LogP contribution is 2.38. The van der Waals surface area contributed by atoms with Crippen molar-refractivity contribution in [1.82, 2.24) is 4.98 Å².